The van der Waals surface area contributed by atoms with Gasteiger partial charge in [-0.15, -0.1) is 0 Å². The lowest BCUT2D eigenvalue weighted by atomic mass is 10.3. The van der Waals surface area contributed by atoms with Gasteiger partial charge < -0.3 is 15.6 Å². The Morgan fingerprint density at radius 1 is 1.30 bits per heavy atom. The number of carbonyl (C=O) groups is 2. The van der Waals surface area contributed by atoms with Crippen molar-refractivity contribution in [1.82, 2.24) is 8.61 Å². The molecule has 10 heteroatoms. The van der Waals surface area contributed by atoms with Crippen molar-refractivity contribution < 1.29 is 27.9 Å². The zero-order valence-electron chi connectivity index (χ0n) is 11.4. The molecule has 2 unspecified atom stereocenters. The summed E-state index contributed by atoms with van der Waals surface area (Å²) in [5.74, 6) is -2.27. The number of amides is 1. The summed E-state index contributed by atoms with van der Waals surface area (Å²) in [6, 6.07) is 0. The number of morpholine rings is 1. The average Bonchev–Trinajstić information content (AvgIpc) is 2.25. The van der Waals surface area contributed by atoms with E-state index < -0.39 is 35.2 Å². The number of aliphatic carboxylic acids is 1. The van der Waals surface area contributed by atoms with Crippen molar-refractivity contribution in [3.63, 3.8) is 0 Å². The predicted molar refractivity (Wildman–Crippen MR) is 68.9 cm³/mol. The summed E-state index contributed by atoms with van der Waals surface area (Å²) in [5, 5.41) is 8.76. The molecule has 0 aromatic heterocycles. The molecule has 0 aromatic carbocycles. The van der Waals surface area contributed by atoms with Crippen LogP contribution in [-0.4, -0.2) is 72.4 Å². The lowest BCUT2D eigenvalue weighted by molar-refractivity contribution is -0.137. The molecule has 3 N–H and O–H groups in total. The molecular formula is C10H19N3O6S. The van der Waals surface area contributed by atoms with Gasteiger partial charge in [-0.2, -0.15) is 17.0 Å². The Labute approximate surface area is 117 Å². The number of primary amides is 1. The van der Waals surface area contributed by atoms with Crippen LogP contribution in [0.3, 0.4) is 0 Å². The van der Waals surface area contributed by atoms with E-state index in [1.54, 1.807) is 13.8 Å². The third-order valence-corrected chi connectivity index (χ3v) is 4.54. The van der Waals surface area contributed by atoms with Crippen LogP contribution in [0.5, 0.6) is 0 Å². The third-order valence-electron chi connectivity index (χ3n) is 2.68. The first-order chi connectivity index (χ1) is 9.12. The Morgan fingerprint density at radius 2 is 1.80 bits per heavy atom. The summed E-state index contributed by atoms with van der Waals surface area (Å²) in [6.07, 6.45) is -0.623. The fourth-order valence-electron chi connectivity index (χ4n) is 2.03. The zero-order chi connectivity index (χ0) is 15.5. The van der Waals surface area contributed by atoms with Crippen molar-refractivity contribution in [2.75, 3.05) is 26.2 Å². The maximum absolute atomic E-state index is 12.4. The van der Waals surface area contributed by atoms with Gasteiger partial charge in [0.1, 0.15) is 6.54 Å². The van der Waals surface area contributed by atoms with Crippen molar-refractivity contribution in [3.8, 4) is 0 Å². The van der Waals surface area contributed by atoms with Gasteiger partial charge in [-0.1, -0.05) is 0 Å². The summed E-state index contributed by atoms with van der Waals surface area (Å²) in [7, 11) is -4.08. The highest BCUT2D eigenvalue weighted by Crippen LogP contribution is 2.17. The van der Waals surface area contributed by atoms with Gasteiger partial charge in [-0.3, -0.25) is 9.59 Å². The van der Waals surface area contributed by atoms with E-state index in [1.807, 2.05) is 0 Å². The minimum atomic E-state index is -4.08. The topological polar surface area (TPSA) is 130 Å². The van der Waals surface area contributed by atoms with E-state index in [0.717, 1.165) is 4.31 Å². The zero-order valence-corrected chi connectivity index (χ0v) is 12.2. The van der Waals surface area contributed by atoms with E-state index in [4.69, 9.17) is 15.6 Å². The van der Waals surface area contributed by atoms with Gasteiger partial charge >= 0.3 is 5.97 Å². The Kier molecular flexibility index (Phi) is 5.45. The van der Waals surface area contributed by atoms with Crippen molar-refractivity contribution in [3.05, 3.63) is 0 Å². The van der Waals surface area contributed by atoms with Crippen LogP contribution in [0.15, 0.2) is 0 Å². The SMILES string of the molecule is CC1CN(S(=O)(=O)N(CC(N)=O)CC(=O)O)CC(C)O1. The molecule has 0 saturated carbocycles. The second-order valence-corrected chi connectivity index (χ2v) is 6.64. The number of hydrogen-bond acceptors (Lipinski definition) is 5. The van der Waals surface area contributed by atoms with E-state index in [0.29, 0.717) is 4.31 Å². The van der Waals surface area contributed by atoms with Crippen molar-refractivity contribution in [2.24, 2.45) is 5.73 Å². The number of carboxylic acid groups (broad SMARTS) is 1. The predicted octanol–water partition coefficient (Wildman–Crippen LogP) is -1.79. The molecule has 0 radical (unpaired) electrons. The minimum Gasteiger partial charge on any atom is -0.480 e. The number of carboxylic acids is 1. The van der Waals surface area contributed by atoms with Crippen LogP contribution in [0.1, 0.15) is 13.8 Å². The third kappa shape index (κ3) is 4.40. The summed E-state index contributed by atoms with van der Waals surface area (Å²) in [5.41, 5.74) is 4.97. The molecular weight excluding hydrogens is 290 g/mol. The molecule has 1 aliphatic rings. The number of carbonyl (C=O) groups excluding carboxylic acids is 1. The van der Waals surface area contributed by atoms with Crippen LogP contribution in [0.25, 0.3) is 0 Å². The summed E-state index contributed by atoms with van der Waals surface area (Å²) in [4.78, 5) is 21.7. The van der Waals surface area contributed by atoms with E-state index in [-0.39, 0.29) is 25.3 Å². The molecule has 0 bridgehead atoms. The van der Waals surface area contributed by atoms with E-state index in [2.05, 4.69) is 0 Å². The molecule has 9 nitrogen and oxygen atoms in total. The smallest absolute Gasteiger partial charge is 0.318 e. The van der Waals surface area contributed by atoms with Crippen LogP contribution in [0, 0.1) is 0 Å². The minimum absolute atomic E-state index is 0.0988. The van der Waals surface area contributed by atoms with Crippen LogP contribution in [0.2, 0.25) is 0 Å². The highest BCUT2D eigenvalue weighted by molar-refractivity contribution is 7.86. The molecule has 1 amide bonds. The Balaban J connectivity index is 2.96. The van der Waals surface area contributed by atoms with Gasteiger partial charge in [0, 0.05) is 13.1 Å². The lowest BCUT2D eigenvalue weighted by Crippen LogP contribution is -2.55. The molecule has 1 saturated heterocycles. The number of ether oxygens (including phenoxy) is 1. The molecule has 2 atom stereocenters. The maximum Gasteiger partial charge on any atom is 0.318 e. The Morgan fingerprint density at radius 3 is 2.20 bits per heavy atom. The molecule has 1 heterocycles. The Bertz CT molecular complexity index is 453. The van der Waals surface area contributed by atoms with Crippen LogP contribution >= 0.6 is 0 Å². The molecule has 1 aliphatic heterocycles. The molecule has 116 valence electrons. The largest absolute Gasteiger partial charge is 0.480 e. The molecule has 1 rings (SSSR count). The highest BCUT2D eigenvalue weighted by Gasteiger charge is 2.36. The van der Waals surface area contributed by atoms with Crippen LogP contribution < -0.4 is 5.73 Å². The van der Waals surface area contributed by atoms with Gasteiger partial charge in [-0.25, -0.2) is 0 Å². The highest BCUT2D eigenvalue weighted by atomic mass is 32.2. The number of hydrogen-bond donors (Lipinski definition) is 2. The first-order valence-electron chi connectivity index (χ1n) is 6.03. The van der Waals surface area contributed by atoms with E-state index >= 15 is 0 Å². The molecule has 0 spiro atoms. The summed E-state index contributed by atoms with van der Waals surface area (Å²) in [6.45, 7) is 2.14. The van der Waals surface area contributed by atoms with Gasteiger partial charge in [0.2, 0.25) is 5.91 Å². The number of rotatable bonds is 6. The quantitative estimate of drug-likeness (QED) is 0.596. The molecule has 0 aliphatic carbocycles. The standard InChI is InChI=1S/C10H19N3O6S/c1-7-3-12(4-8(2)19-7)20(17,18)13(5-9(11)14)6-10(15)16/h7-8H,3-6H2,1-2H3,(H2,11,14)(H,15,16). The Hall–Kier alpha value is -1.23. The first-order valence-corrected chi connectivity index (χ1v) is 7.43. The van der Waals surface area contributed by atoms with Crippen LogP contribution in [-0.2, 0) is 24.5 Å². The van der Waals surface area contributed by atoms with E-state index in [1.165, 1.54) is 0 Å². The summed E-state index contributed by atoms with van der Waals surface area (Å²) >= 11 is 0. The van der Waals surface area contributed by atoms with Crippen molar-refractivity contribution >= 4 is 22.1 Å². The van der Waals surface area contributed by atoms with E-state index in [9.17, 15) is 18.0 Å². The second kappa shape index (κ2) is 6.48. The van der Waals surface area contributed by atoms with Gasteiger partial charge in [0.25, 0.3) is 10.2 Å². The van der Waals surface area contributed by atoms with Crippen molar-refractivity contribution in [2.45, 2.75) is 26.1 Å². The fourth-order valence-corrected chi connectivity index (χ4v) is 3.71. The summed E-state index contributed by atoms with van der Waals surface area (Å²) < 4.78 is 31.8. The van der Waals surface area contributed by atoms with Gasteiger partial charge in [0.05, 0.1) is 18.8 Å². The van der Waals surface area contributed by atoms with Gasteiger partial charge in [-0.05, 0) is 13.8 Å². The van der Waals surface area contributed by atoms with Crippen LogP contribution in [0.4, 0.5) is 0 Å². The normalized spacial score (nSPS) is 24.8. The number of nitrogens with zero attached hydrogens (tertiary/aromatic N) is 2. The molecule has 1 fully saturated rings. The monoisotopic (exact) mass is 309 g/mol. The first kappa shape index (κ1) is 16.8. The molecule has 0 aromatic rings. The number of nitrogens with two attached hydrogens (primary N) is 1. The average molecular weight is 309 g/mol. The fraction of sp³-hybridized carbons (Fsp3) is 0.800. The lowest BCUT2D eigenvalue weighted by Gasteiger charge is -2.36. The molecule has 20 heavy (non-hydrogen) atoms. The maximum atomic E-state index is 12.4. The second-order valence-electron chi connectivity index (χ2n) is 4.71. The van der Waals surface area contributed by atoms with Gasteiger partial charge in [0.15, 0.2) is 0 Å². The van der Waals surface area contributed by atoms with Crippen molar-refractivity contribution in [1.29, 1.82) is 0 Å².